The van der Waals surface area contributed by atoms with Crippen LogP contribution in [0, 0.1) is 0 Å². The number of likely N-dealkylation sites (N-methyl/N-ethyl adjacent to an activating group) is 1. The van der Waals surface area contributed by atoms with Crippen molar-refractivity contribution in [1.82, 2.24) is 14.9 Å². The van der Waals surface area contributed by atoms with Crippen LogP contribution in [-0.4, -0.2) is 53.0 Å². The lowest BCUT2D eigenvalue weighted by atomic mass is 10.3. The second kappa shape index (κ2) is 9.49. The van der Waals surface area contributed by atoms with Gasteiger partial charge >= 0.3 is 5.97 Å². The van der Waals surface area contributed by atoms with Crippen LogP contribution >= 0.6 is 0 Å². The first-order chi connectivity index (χ1) is 10.5. The number of rotatable bonds is 9. The summed E-state index contributed by atoms with van der Waals surface area (Å²) in [5.74, 6) is -0.216. The lowest BCUT2D eigenvalue weighted by molar-refractivity contribution is -0.151. The molecule has 0 fully saturated rings. The third-order valence-corrected chi connectivity index (χ3v) is 2.73. The van der Waals surface area contributed by atoms with E-state index < -0.39 is 5.97 Å². The number of nitrogens with one attached hydrogen (secondary N) is 1. The van der Waals surface area contributed by atoms with Gasteiger partial charge in [0.25, 0.3) is 5.91 Å². The molecule has 0 aromatic carbocycles. The predicted octanol–water partition coefficient (Wildman–Crippen LogP) is 1.25. The Labute approximate surface area is 130 Å². The number of hydrogen-bond donors (Lipinski definition) is 1. The van der Waals surface area contributed by atoms with E-state index in [0.717, 1.165) is 5.57 Å². The summed E-state index contributed by atoms with van der Waals surface area (Å²) in [5, 5.41) is 2.89. The first kappa shape index (κ1) is 17.6. The van der Waals surface area contributed by atoms with Gasteiger partial charge in [0.15, 0.2) is 6.61 Å². The molecule has 0 bridgehead atoms. The van der Waals surface area contributed by atoms with Crippen LogP contribution in [0.15, 0.2) is 30.6 Å². The number of esters is 1. The Balaban J connectivity index is 2.24. The van der Waals surface area contributed by atoms with Gasteiger partial charge in [0.1, 0.15) is 0 Å². The summed E-state index contributed by atoms with van der Waals surface area (Å²) in [6, 6.07) is 1.70. The van der Waals surface area contributed by atoms with Crippen LogP contribution in [-0.2, 0) is 14.3 Å². The van der Waals surface area contributed by atoms with Crippen molar-refractivity contribution < 1.29 is 14.3 Å². The van der Waals surface area contributed by atoms with Crippen LogP contribution in [0.3, 0.4) is 0 Å². The highest BCUT2D eigenvalue weighted by Crippen LogP contribution is 1.99. The summed E-state index contributed by atoms with van der Waals surface area (Å²) in [6.07, 6.45) is 3.35. The standard InChI is InChI=1S/C15H22N4O3/c1-4-19(10-12(2)3)13(20)11-22-14(21)6-9-18-15-16-7-5-8-17-15/h5,7-8H,2,4,6,9-11H2,1,3H3,(H,16,17,18). The van der Waals surface area contributed by atoms with Gasteiger partial charge in [0, 0.05) is 32.0 Å². The van der Waals surface area contributed by atoms with Gasteiger partial charge in [0.2, 0.25) is 5.95 Å². The first-order valence-corrected chi connectivity index (χ1v) is 7.11. The van der Waals surface area contributed by atoms with Gasteiger partial charge in [-0.3, -0.25) is 9.59 Å². The molecule has 1 aromatic rings. The Morgan fingerprint density at radius 3 is 2.64 bits per heavy atom. The number of carbonyl (C=O) groups excluding carboxylic acids is 2. The van der Waals surface area contributed by atoms with Crippen molar-refractivity contribution in [2.75, 3.05) is 31.6 Å². The van der Waals surface area contributed by atoms with Crippen LogP contribution in [0.25, 0.3) is 0 Å². The van der Waals surface area contributed by atoms with Gasteiger partial charge < -0.3 is 15.0 Å². The van der Waals surface area contributed by atoms with Gasteiger partial charge in [0.05, 0.1) is 6.42 Å². The van der Waals surface area contributed by atoms with Gasteiger partial charge in [-0.05, 0) is 19.9 Å². The monoisotopic (exact) mass is 306 g/mol. The molecular weight excluding hydrogens is 284 g/mol. The van der Waals surface area contributed by atoms with E-state index >= 15 is 0 Å². The zero-order valence-corrected chi connectivity index (χ0v) is 13.0. The summed E-state index contributed by atoms with van der Waals surface area (Å²) >= 11 is 0. The number of aromatic nitrogens is 2. The molecule has 1 N–H and O–H groups in total. The minimum absolute atomic E-state index is 0.137. The number of anilines is 1. The molecule has 0 saturated heterocycles. The number of amides is 1. The average molecular weight is 306 g/mol. The fourth-order valence-corrected chi connectivity index (χ4v) is 1.67. The molecule has 22 heavy (non-hydrogen) atoms. The minimum atomic E-state index is -0.442. The van der Waals surface area contributed by atoms with Crippen LogP contribution in [0.4, 0.5) is 5.95 Å². The van der Waals surface area contributed by atoms with Crippen molar-refractivity contribution in [3.8, 4) is 0 Å². The van der Waals surface area contributed by atoms with Gasteiger partial charge in [-0.25, -0.2) is 9.97 Å². The summed E-state index contributed by atoms with van der Waals surface area (Å²) in [5.41, 5.74) is 0.883. The van der Waals surface area contributed by atoms with Crippen molar-refractivity contribution in [2.45, 2.75) is 20.3 Å². The third kappa shape index (κ3) is 6.83. The van der Waals surface area contributed by atoms with Crippen molar-refractivity contribution in [1.29, 1.82) is 0 Å². The third-order valence-electron chi connectivity index (χ3n) is 2.73. The van der Waals surface area contributed by atoms with Crippen LogP contribution in [0.5, 0.6) is 0 Å². The highest BCUT2D eigenvalue weighted by Gasteiger charge is 2.14. The van der Waals surface area contributed by atoms with Crippen LogP contribution < -0.4 is 5.32 Å². The highest BCUT2D eigenvalue weighted by atomic mass is 16.5. The van der Waals surface area contributed by atoms with Crippen molar-refractivity contribution in [3.05, 3.63) is 30.6 Å². The molecule has 1 amide bonds. The lowest BCUT2D eigenvalue weighted by Crippen LogP contribution is -2.35. The van der Waals surface area contributed by atoms with E-state index in [4.69, 9.17) is 4.74 Å². The molecule has 0 unspecified atom stereocenters. The molecule has 7 nitrogen and oxygen atoms in total. The summed E-state index contributed by atoms with van der Waals surface area (Å²) in [6.45, 7) is 8.61. The van der Waals surface area contributed by atoms with Crippen LogP contribution in [0.2, 0.25) is 0 Å². The van der Waals surface area contributed by atoms with E-state index in [2.05, 4.69) is 21.9 Å². The Bertz CT molecular complexity index is 505. The molecule has 0 atom stereocenters. The second-order valence-electron chi connectivity index (χ2n) is 4.77. The molecule has 0 spiro atoms. The maximum absolute atomic E-state index is 11.9. The fraction of sp³-hybridized carbons (Fsp3) is 0.467. The fourth-order valence-electron chi connectivity index (χ4n) is 1.67. The summed E-state index contributed by atoms with van der Waals surface area (Å²) in [4.78, 5) is 33.0. The Hall–Kier alpha value is -2.44. The normalized spacial score (nSPS) is 9.91. The highest BCUT2D eigenvalue weighted by molar-refractivity contribution is 5.80. The SMILES string of the molecule is C=C(C)CN(CC)C(=O)COC(=O)CCNc1ncccn1. The zero-order chi connectivity index (χ0) is 16.4. The summed E-state index contributed by atoms with van der Waals surface area (Å²) in [7, 11) is 0. The average Bonchev–Trinajstić information content (AvgIpc) is 2.51. The minimum Gasteiger partial charge on any atom is -0.456 e. The number of carbonyl (C=O) groups is 2. The van der Waals surface area contributed by atoms with Gasteiger partial charge in [-0.1, -0.05) is 12.2 Å². The maximum Gasteiger partial charge on any atom is 0.308 e. The van der Waals surface area contributed by atoms with Crippen molar-refractivity contribution >= 4 is 17.8 Å². The Morgan fingerprint density at radius 2 is 2.05 bits per heavy atom. The van der Waals surface area contributed by atoms with E-state index in [1.807, 2.05) is 13.8 Å². The zero-order valence-electron chi connectivity index (χ0n) is 13.0. The van der Waals surface area contributed by atoms with E-state index in [1.54, 1.807) is 23.4 Å². The molecule has 1 aromatic heterocycles. The van der Waals surface area contributed by atoms with Crippen LogP contribution in [0.1, 0.15) is 20.3 Å². The number of nitrogens with zero attached hydrogens (tertiary/aromatic N) is 3. The molecule has 120 valence electrons. The molecule has 0 radical (unpaired) electrons. The molecule has 0 saturated carbocycles. The van der Waals surface area contributed by atoms with E-state index in [9.17, 15) is 9.59 Å². The molecule has 1 heterocycles. The molecule has 0 aliphatic heterocycles. The smallest absolute Gasteiger partial charge is 0.308 e. The topological polar surface area (TPSA) is 84.4 Å². The Kier molecular flexibility index (Phi) is 7.60. The largest absolute Gasteiger partial charge is 0.456 e. The Morgan fingerprint density at radius 1 is 1.36 bits per heavy atom. The molecule has 0 aliphatic carbocycles. The van der Waals surface area contributed by atoms with E-state index in [1.165, 1.54) is 0 Å². The van der Waals surface area contributed by atoms with Crippen molar-refractivity contribution in [2.24, 2.45) is 0 Å². The second-order valence-corrected chi connectivity index (χ2v) is 4.77. The maximum atomic E-state index is 11.9. The van der Waals surface area contributed by atoms with Gasteiger partial charge in [-0.15, -0.1) is 0 Å². The molecule has 7 heteroatoms. The predicted molar refractivity (Wildman–Crippen MR) is 83.2 cm³/mol. The molecule has 1 rings (SSSR count). The number of hydrogen-bond acceptors (Lipinski definition) is 6. The van der Waals surface area contributed by atoms with Gasteiger partial charge in [-0.2, -0.15) is 0 Å². The van der Waals surface area contributed by atoms with E-state index in [-0.39, 0.29) is 18.9 Å². The number of ether oxygens (including phenoxy) is 1. The van der Waals surface area contributed by atoms with Crippen molar-refractivity contribution in [3.63, 3.8) is 0 Å². The molecular formula is C15H22N4O3. The lowest BCUT2D eigenvalue weighted by Gasteiger charge is -2.20. The first-order valence-electron chi connectivity index (χ1n) is 7.11. The quantitative estimate of drug-likeness (QED) is 0.546. The summed E-state index contributed by atoms with van der Waals surface area (Å²) < 4.78 is 4.97. The van der Waals surface area contributed by atoms with E-state index in [0.29, 0.717) is 25.6 Å². The molecule has 0 aliphatic rings.